The van der Waals surface area contributed by atoms with E-state index in [0.717, 1.165) is 47.8 Å². The number of carbonyl (C=O) groups excluding carboxylic acids is 1. The highest BCUT2D eigenvalue weighted by Crippen LogP contribution is 2.29. The number of hydrogen-bond acceptors (Lipinski definition) is 2. The molecule has 1 aromatic rings. The standard InChI is InChI=1S/C13H18O2/c1-4-9-7-10(8-14)11(5-2)12(6-3)13(9)15/h7-8,15H,4-6H2,1-3H3. The third kappa shape index (κ3) is 2.04. The maximum Gasteiger partial charge on any atom is 0.150 e. The summed E-state index contributed by atoms with van der Waals surface area (Å²) in [6, 6.07) is 1.81. The van der Waals surface area contributed by atoms with Crippen LogP contribution in [-0.4, -0.2) is 11.4 Å². The summed E-state index contributed by atoms with van der Waals surface area (Å²) in [6.45, 7) is 5.99. The van der Waals surface area contributed by atoms with Crippen LogP contribution in [0.5, 0.6) is 5.75 Å². The molecule has 0 saturated heterocycles. The first-order valence-corrected chi connectivity index (χ1v) is 5.51. The maximum absolute atomic E-state index is 11.0. The van der Waals surface area contributed by atoms with Gasteiger partial charge in [-0.2, -0.15) is 0 Å². The Morgan fingerprint density at radius 1 is 1.13 bits per heavy atom. The number of rotatable bonds is 4. The van der Waals surface area contributed by atoms with Crippen LogP contribution in [0.4, 0.5) is 0 Å². The molecule has 0 bridgehead atoms. The van der Waals surface area contributed by atoms with E-state index in [4.69, 9.17) is 0 Å². The van der Waals surface area contributed by atoms with E-state index in [2.05, 4.69) is 0 Å². The molecule has 0 saturated carbocycles. The van der Waals surface area contributed by atoms with Crippen molar-refractivity contribution >= 4 is 6.29 Å². The Labute approximate surface area is 90.9 Å². The van der Waals surface area contributed by atoms with Crippen molar-refractivity contribution in [2.45, 2.75) is 40.0 Å². The average Bonchev–Trinajstić information content (AvgIpc) is 2.28. The Morgan fingerprint density at radius 3 is 2.13 bits per heavy atom. The summed E-state index contributed by atoms with van der Waals surface area (Å²) in [7, 11) is 0. The minimum Gasteiger partial charge on any atom is -0.507 e. The summed E-state index contributed by atoms with van der Waals surface area (Å²) in [5, 5.41) is 10.0. The van der Waals surface area contributed by atoms with Crippen molar-refractivity contribution in [1.82, 2.24) is 0 Å². The zero-order valence-electron chi connectivity index (χ0n) is 9.63. The van der Waals surface area contributed by atoms with Gasteiger partial charge in [-0.3, -0.25) is 4.79 Å². The SMILES string of the molecule is CCc1cc(C=O)c(CC)c(CC)c1O. The molecule has 0 heterocycles. The van der Waals surface area contributed by atoms with Gasteiger partial charge in [0.15, 0.2) is 0 Å². The van der Waals surface area contributed by atoms with E-state index in [1.807, 2.05) is 20.8 Å². The Kier molecular flexibility index (Phi) is 3.89. The number of aldehydes is 1. The highest BCUT2D eigenvalue weighted by Gasteiger charge is 2.13. The summed E-state index contributed by atoms with van der Waals surface area (Å²) in [5.41, 5.74) is 3.51. The second-order valence-corrected chi connectivity index (χ2v) is 3.61. The molecule has 1 rings (SSSR count). The van der Waals surface area contributed by atoms with Gasteiger partial charge in [-0.25, -0.2) is 0 Å². The molecule has 0 spiro atoms. The zero-order chi connectivity index (χ0) is 11.4. The van der Waals surface area contributed by atoms with Gasteiger partial charge in [0.1, 0.15) is 12.0 Å². The predicted octanol–water partition coefficient (Wildman–Crippen LogP) is 2.89. The summed E-state index contributed by atoms with van der Waals surface area (Å²) < 4.78 is 0. The van der Waals surface area contributed by atoms with Crippen LogP contribution in [-0.2, 0) is 19.3 Å². The summed E-state index contributed by atoms with van der Waals surface area (Å²) in [5.74, 6) is 0.377. The van der Waals surface area contributed by atoms with Gasteiger partial charge in [-0.15, -0.1) is 0 Å². The van der Waals surface area contributed by atoms with Crippen LogP contribution in [0.2, 0.25) is 0 Å². The minimum absolute atomic E-state index is 0.377. The molecule has 0 unspecified atom stereocenters. The average molecular weight is 206 g/mol. The number of carbonyl (C=O) groups is 1. The van der Waals surface area contributed by atoms with Crippen molar-refractivity contribution in [3.8, 4) is 5.75 Å². The van der Waals surface area contributed by atoms with E-state index in [0.29, 0.717) is 5.75 Å². The van der Waals surface area contributed by atoms with E-state index < -0.39 is 0 Å². The molecule has 1 N–H and O–H groups in total. The number of aromatic hydroxyl groups is 1. The third-order valence-corrected chi connectivity index (χ3v) is 2.85. The van der Waals surface area contributed by atoms with Crippen molar-refractivity contribution in [3.05, 3.63) is 28.3 Å². The van der Waals surface area contributed by atoms with E-state index in [1.165, 1.54) is 0 Å². The van der Waals surface area contributed by atoms with Gasteiger partial charge in [-0.05, 0) is 42.0 Å². The minimum atomic E-state index is 0.377. The molecule has 0 aliphatic rings. The molecule has 2 nitrogen and oxygen atoms in total. The molecule has 0 atom stereocenters. The van der Waals surface area contributed by atoms with Gasteiger partial charge < -0.3 is 5.11 Å². The first-order valence-electron chi connectivity index (χ1n) is 5.51. The quantitative estimate of drug-likeness (QED) is 0.769. The Morgan fingerprint density at radius 2 is 1.73 bits per heavy atom. The number of phenolic OH excluding ortho intramolecular Hbond substituents is 1. The smallest absolute Gasteiger partial charge is 0.150 e. The molecule has 0 aliphatic heterocycles. The van der Waals surface area contributed by atoms with E-state index >= 15 is 0 Å². The molecule has 0 amide bonds. The van der Waals surface area contributed by atoms with Gasteiger partial charge in [0, 0.05) is 5.56 Å². The van der Waals surface area contributed by atoms with Crippen molar-refractivity contribution in [2.75, 3.05) is 0 Å². The highest BCUT2D eigenvalue weighted by molar-refractivity contribution is 5.79. The molecule has 15 heavy (non-hydrogen) atoms. The Bertz CT molecular complexity index is 367. The van der Waals surface area contributed by atoms with Crippen LogP contribution in [0, 0.1) is 0 Å². The van der Waals surface area contributed by atoms with Gasteiger partial charge in [0.25, 0.3) is 0 Å². The molecular weight excluding hydrogens is 188 g/mol. The second-order valence-electron chi connectivity index (χ2n) is 3.61. The lowest BCUT2D eigenvalue weighted by atomic mass is 9.93. The van der Waals surface area contributed by atoms with Gasteiger partial charge in [-0.1, -0.05) is 20.8 Å². The first-order chi connectivity index (χ1) is 7.19. The third-order valence-electron chi connectivity index (χ3n) is 2.85. The van der Waals surface area contributed by atoms with Crippen molar-refractivity contribution in [2.24, 2.45) is 0 Å². The zero-order valence-corrected chi connectivity index (χ0v) is 9.63. The molecular formula is C13H18O2. The van der Waals surface area contributed by atoms with Gasteiger partial charge >= 0.3 is 0 Å². The monoisotopic (exact) mass is 206 g/mol. The lowest BCUT2D eigenvalue weighted by molar-refractivity contribution is 0.112. The second kappa shape index (κ2) is 4.96. The Balaban J connectivity index is 3.49. The summed E-state index contributed by atoms with van der Waals surface area (Å²) in [4.78, 5) is 11.0. The number of benzene rings is 1. The topological polar surface area (TPSA) is 37.3 Å². The Hall–Kier alpha value is -1.31. The number of hydrogen-bond donors (Lipinski definition) is 1. The first kappa shape index (κ1) is 11.8. The molecule has 0 radical (unpaired) electrons. The summed E-state index contributed by atoms with van der Waals surface area (Å²) >= 11 is 0. The number of phenols is 1. The fraction of sp³-hybridized carbons (Fsp3) is 0.462. The van der Waals surface area contributed by atoms with Crippen LogP contribution < -0.4 is 0 Å². The van der Waals surface area contributed by atoms with Gasteiger partial charge in [0.05, 0.1) is 0 Å². The largest absolute Gasteiger partial charge is 0.507 e. The lowest BCUT2D eigenvalue weighted by Gasteiger charge is -2.14. The maximum atomic E-state index is 11.0. The molecule has 2 heteroatoms. The van der Waals surface area contributed by atoms with Crippen molar-refractivity contribution in [1.29, 1.82) is 0 Å². The molecule has 0 fully saturated rings. The molecule has 0 aliphatic carbocycles. The molecule has 1 aromatic carbocycles. The van der Waals surface area contributed by atoms with E-state index in [9.17, 15) is 9.90 Å². The predicted molar refractivity (Wildman–Crippen MR) is 61.6 cm³/mol. The number of aryl methyl sites for hydroxylation is 1. The van der Waals surface area contributed by atoms with E-state index in [-0.39, 0.29) is 0 Å². The van der Waals surface area contributed by atoms with Crippen molar-refractivity contribution in [3.63, 3.8) is 0 Å². The lowest BCUT2D eigenvalue weighted by Crippen LogP contribution is -2.01. The normalized spacial score (nSPS) is 10.3. The molecule has 82 valence electrons. The fourth-order valence-corrected chi connectivity index (χ4v) is 2.03. The van der Waals surface area contributed by atoms with E-state index in [1.54, 1.807) is 6.07 Å². The van der Waals surface area contributed by atoms with Crippen LogP contribution in [0.25, 0.3) is 0 Å². The van der Waals surface area contributed by atoms with Crippen LogP contribution in [0.15, 0.2) is 6.07 Å². The summed E-state index contributed by atoms with van der Waals surface area (Å²) in [6.07, 6.45) is 3.19. The molecule has 0 aromatic heterocycles. The van der Waals surface area contributed by atoms with Gasteiger partial charge in [0.2, 0.25) is 0 Å². The fourth-order valence-electron chi connectivity index (χ4n) is 2.03. The van der Waals surface area contributed by atoms with Crippen LogP contribution in [0.3, 0.4) is 0 Å². The van der Waals surface area contributed by atoms with Crippen molar-refractivity contribution < 1.29 is 9.90 Å². The van der Waals surface area contributed by atoms with Crippen LogP contribution in [0.1, 0.15) is 47.8 Å². The van der Waals surface area contributed by atoms with Crippen LogP contribution >= 0.6 is 0 Å². The highest BCUT2D eigenvalue weighted by atomic mass is 16.3.